The second kappa shape index (κ2) is 8.14. The molecule has 1 amide bonds. The molecule has 1 saturated carbocycles. The summed E-state index contributed by atoms with van der Waals surface area (Å²) in [6, 6.07) is 5.00. The summed E-state index contributed by atoms with van der Waals surface area (Å²) in [7, 11) is 0. The summed E-state index contributed by atoms with van der Waals surface area (Å²) in [4.78, 5) is 27.8. The van der Waals surface area contributed by atoms with Gasteiger partial charge in [-0.05, 0) is 68.9 Å². The van der Waals surface area contributed by atoms with E-state index < -0.39 is 0 Å². The van der Waals surface area contributed by atoms with E-state index in [4.69, 9.17) is 12.2 Å². The first-order valence-corrected chi connectivity index (χ1v) is 9.65. The fraction of sp³-hybridized carbons (Fsp3) is 0.526. The Hall–Kier alpha value is -1.99. The van der Waals surface area contributed by atoms with E-state index in [1.54, 1.807) is 18.2 Å². The highest BCUT2D eigenvalue weighted by Gasteiger charge is 2.24. The van der Waals surface area contributed by atoms with Crippen molar-refractivity contribution < 1.29 is 9.90 Å². The Labute approximate surface area is 157 Å². The van der Waals surface area contributed by atoms with E-state index in [2.05, 4.69) is 10.3 Å². The maximum atomic E-state index is 12.4. The number of nitrogens with one attached hydrogen (secondary N) is 2. The Morgan fingerprint density at radius 3 is 2.92 bits per heavy atom. The number of amides is 1. The SMILES string of the molecule is CCn1c(=S)[nH]c2cc(C(=O)NCCCC3CCCC3O)ccc2c1=O. The van der Waals surface area contributed by atoms with Crippen molar-refractivity contribution in [2.24, 2.45) is 5.92 Å². The molecule has 1 aromatic heterocycles. The van der Waals surface area contributed by atoms with Crippen molar-refractivity contribution in [3.63, 3.8) is 0 Å². The zero-order chi connectivity index (χ0) is 18.7. The minimum atomic E-state index is -0.179. The summed E-state index contributed by atoms with van der Waals surface area (Å²) in [5.41, 5.74) is 0.928. The molecule has 2 unspecified atom stereocenters. The molecule has 1 aliphatic rings. The summed E-state index contributed by atoms with van der Waals surface area (Å²) < 4.78 is 1.85. The van der Waals surface area contributed by atoms with Crippen LogP contribution in [0.4, 0.5) is 0 Å². The predicted octanol–water partition coefficient (Wildman–Crippen LogP) is 2.75. The van der Waals surface area contributed by atoms with Crippen molar-refractivity contribution in [2.45, 2.75) is 51.7 Å². The van der Waals surface area contributed by atoms with Crippen molar-refractivity contribution in [1.82, 2.24) is 14.9 Å². The number of carbonyl (C=O) groups is 1. The molecule has 3 N–H and O–H groups in total. The van der Waals surface area contributed by atoms with Gasteiger partial charge in [-0.15, -0.1) is 0 Å². The van der Waals surface area contributed by atoms with Gasteiger partial charge in [-0.1, -0.05) is 6.42 Å². The van der Waals surface area contributed by atoms with E-state index in [0.717, 1.165) is 32.1 Å². The molecule has 26 heavy (non-hydrogen) atoms. The molecule has 0 radical (unpaired) electrons. The van der Waals surface area contributed by atoms with E-state index >= 15 is 0 Å². The molecule has 6 nitrogen and oxygen atoms in total. The molecular weight excluding hydrogens is 350 g/mol. The molecule has 2 atom stereocenters. The zero-order valence-corrected chi connectivity index (χ0v) is 15.8. The molecule has 7 heteroatoms. The molecule has 0 bridgehead atoms. The van der Waals surface area contributed by atoms with Crippen molar-refractivity contribution in [1.29, 1.82) is 0 Å². The van der Waals surface area contributed by atoms with Crippen molar-refractivity contribution in [2.75, 3.05) is 6.54 Å². The first-order chi connectivity index (χ1) is 12.5. The fourth-order valence-corrected chi connectivity index (χ4v) is 4.03. The van der Waals surface area contributed by atoms with Gasteiger partial charge in [0.1, 0.15) is 0 Å². The third kappa shape index (κ3) is 3.88. The third-order valence-corrected chi connectivity index (χ3v) is 5.54. The van der Waals surface area contributed by atoms with Crippen molar-refractivity contribution in [3.8, 4) is 0 Å². The monoisotopic (exact) mass is 375 g/mol. The van der Waals surface area contributed by atoms with Gasteiger partial charge in [-0.25, -0.2) is 0 Å². The van der Waals surface area contributed by atoms with Crippen LogP contribution in [0.3, 0.4) is 0 Å². The highest BCUT2D eigenvalue weighted by Crippen LogP contribution is 2.28. The van der Waals surface area contributed by atoms with Gasteiger partial charge in [-0.2, -0.15) is 0 Å². The van der Waals surface area contributed by atoms with Gasteiger partial charge in [0.25, 0.3) is 11.5 Å². The number of aromatic nitrogens is 2. The van der Waals surface area contributed by atoms with Gasteiger partial charge in [0, 0.05) is 18.7 Å². The van der Waals surface area contributed by atoms with E-state index in [0.29, 0.717) is 40.2 Å². The summed E-state index contributed by atoms with van der Waals surface area (Å²) in [6.45, 7) is 2.94. The summed E-state index contributed by atoms with van der Waals surface area (Å²) >= 11 is 5.21. The largest absolute Gasteiger partial charge is 0.393 e. The van der Waals surface area contributed by atoms with E-state index in [1.807, 2.05) is 6.92 Å². The van der Waals surface area contributed by atoms with E-state index in [9.17, 15) is 14.7 Å². The molecule has 2 aromatic rings. The Kier molecular flexibility index (Phi) is 5.88. The van der Waals surface area contributed by atoms with E-state index in [1.165, 1.54) is 4.57 Å². The van der Waals surface area contributed by atoms with Crippen LogP contribution in [0.1, 0.15) is 49.4 Å². The molecule has 0 spiro atoms. The van der Waals surface area contributed by atoms with Gasteiger partial charge < -0.3 is 15.4 Å². The van der Waals surface area contributed by atoms with Crippen LogP contribution in [-0.2, 0) is 6.54 Å². The van der Waals surface area contributed by atoms with E-state index in [-0.39, 0.29) is 17.6 Å². The second-order valence-electron chi connectivity index (χ2n) is 6.90. The maximum Gasteiger partial charge on any atom is 0.262 e. The van der Waals surface area contributed by atoms with Gasteiger partial charge in [-0.3, -0.25) is 14.2 Å². The fourth-order valence-electron chi connectivity index (χ4n) is 3.71. The molecule has 1 fully saturated rings. The van der Waals surface area contributed by atoms with Crippen LogP contribution < -0.4 is 10.9 Å². The normalized spacial score (nSPS) is 19.8. The summed E-state index contributed by atoms with van der Waals surface area (Å²) in [5.74, 6) is 0.200. The minimum Gasteiger partial charge on any atom is -0.393 e. The number of aromatic amines is 1. The number of hydrogen-bond acceptors (Lipinski definition) is 4. The molecule has 1 aliphatic carbocycles. The topological polar surface area (TPSA) is 87.1 Å². The number of nitrogens with zero attached hydrogens (tertiary/aromatic N) is 1. The summed E-state index contributed by atoms with van der Waals surface area (Å²) in [6.07, 6.45) is 4.68. The number of fused-ring (bicyclic) bond motifs is 1. The van der Waals surface area contributed by atoms with Crippen molar-refractivity contribution in [3.05, 3.63) is 38.9 Å². The zero-order valence-electron chi connectivity index (χ0n) is 15.0. The van der Waals surface area contributed by atoms with Crippen LogP contribution in [-0.4, -0.2) is 33.2 Å². The Balaban J connectivity index is 1.65. The standard InChI is InChI=1S/C19H25N3O3S/c1-2-22-18(25)14-9-8-13(11-15(14)21-19(22)26)17(24)20-10-4-6-12-5-3-7-16(12)23/h8-9,11-12,16,23H,2-7,10H2,1H3,(H,20,24)(H,21,26). The Bertz CT molecular complexity index is 918. The lowest BCUT2D eigenvalue weighted by atomic mass is 10.00. The highest BCUT2D eigenvalue weighted by atomic mass is 32.1. The van der Waals surface area contributed by atoms with Gasteiger partial charge in [0.2, 0.25) is 0 Å². The van der Waals surface area contributed by atoms with Gasteiger partial charge >= 0.3 is 0 Å². The molecule has 1 heterocycles. The van der Waals surface area contributed by atoms with Crippen LogP contribution in [0.25, 0.3) is 10.9 Å². The van der Waals surface area contributed by atoms with Crippen LogP contribution >= 0.6 is 12.2 Å². The average molecular weight is 375 g/mol. The molecular formula is C19H25N3O3S. The van der Waals surface area contributed by atoms with Crippen LogP contribution in [0.15, 0.2) is 23.0 Å². The third-order valence-electron chi connectivity index (χ3n) is 5.22. The Morgan fingerprint density at radius 2 is 2.23 bits per heavy atom. The number of aliphatic hydroxyl groups is 1. The minimum absolute atomic E-state index is 0.145. The molecule has 1 aromatic carbocycles. The lowest BCUT2D eigenvalue weighted by molar-refractivity contribution is 0.0950. The molecule has 0 saturated heterocycles. The molecule has 3 rings (SSSR count). The van der Waals surface area contributed by atoms with Crippen molar-refractivity contribution >= 4 is 29.0 Å². The molecule has 0 aliphatic heterocycles. The number of rotatable bonds is 6. The average Bonchev–Trinajstić information content (AvgIpc) is 3.03. The number of carbonyl (C=O) groups excluding carboxylic acids is 1. The quantitative estimate of drug-likeness (QED) is 0.535. The maximum absolute atomic E-state index is 12.4. The second-order valence-corrected chi connectivity index (χ2v) is 7.28. The molecule has 140 valence electrons. The number of hydrogen-bond donors (Lipinski definition) is 3. The number of benzene rings is 1. The van der Waals surface area contributed by atoms with Crippen LogP contribution in [0.2, 0.25) is 0 Å². The number of H-pyrrole nitrogens is 1. The first-order valence-electron chi connectivity index (χ1n) is 9.24. The smallest absolute Gasteiger partial charge is 0.262 e. The van der Waals surface area contributed by atoms with Gasteiger partial charge in [0.05, 0.1) is 17.0 Å². The highest BCUT2D eigenvalue weighted by molar-refractivity contribution is 7.71. The lowest BCUT2D eigenvalue weighted by Crippen LogP contribution is -2.26. The van der Waals surface area contributed by atoms with Gasteiger partial charge in [0.15, 0.2) is 4.77 Å². The lowest BCUT2D eigenvalue weighted by Gasteiger charge is -2.14. The first kappa shape index (κ1) is 18.8. The van der Waals surface area contributed by atoms with Crippen LogP contribution in [0.5, 0.6) is 0 Å². The summed E-state index contributed by atoms with van der Waals surface area (Å²) in [5, 5.41) is 13.3. The number of aliphatic hydroxyl groups excluding tert-OH is 1. The Morgan fingerprint density at radius 1 is 1.42 bits per heavy atom. The predicted molar refractivity (Wildman–Crippen MR) is 104 cm³/mol. The van der Waals surface area contributed by atoms with Crippen LogP contribution in [0, 0.1) is 10.7 Å².